The Kier molecular flexibility index (Phi) is 3.63. The van der Waals surface area contributed by atoms with Crippen molar-refractivity contribution in [2.24, 2.45) is 7.05 Å². The predicted octanol–water partition coefficient (Wildman–Crippen LogP) is 2.93. The van der Waals surface area contributed by atoms with Gasteiger partial charge in [0, 0.05) is 22.0 Å². The zero-order chi connectivity index (χ0) is 12.4. The number of halogens is 1. The van der Waals surface area contributed by atoms with Crippen LogP contribution in [0.4, 0.5) is 0 Å². The normalized spacial score (nSPS) is 10.5. The summed E-state index contributed by atoms with van der Waals surface area (Å²) >= 11 is 4.79. The number of nitrogens with zero attached hydrogens (tertiary/aromatic N) is 3. The van der Waals surface area contributed by atoms with Crippen LogP contribution in [0, 0.1) is 0 Å². The number of carbonyl (C=O) groups excluding carboxylic acids is 1. The Labute approximate surface area is 112 Å². The molecule has 0 aliphatic rings. The number of carbonyl (C=O) groups is 1. The Morgan fingerprint density at radius 2 is 2.24 bits per heavy atom. The molecule has 1 aromatic heterocycles. The topological polar surface area (TPSA) is 47.8 Å². The van der Waals surface area contributed by atoms with Crippen LogP contribution in [0.1, 0.15) is 17.3 Å². The van der Waals surface area contributed by atoms with Crippen LogP contribution in [-0.4, -0.2) is 20.5 Å². The third-order valence-electron chi connectivity index (χ3n) is 2.19. The predicted molar refractivity (Wildman–Crippen MR) is 69.3 cm³/mol. The molecule has 4 nitrogen and oxygen atoms in total. The lowest BCUT2D eigenvalue weighted by atomic mass is 10.1. The van der Waals surface area contributed by atoms with Gasteiger partial charge in [0.05, 0.1) is 0 Å². The molecular weight excluding hydrogens is 302 g/mol. The van der Waals surface area contributed by atoms with Crippen molar-refractivity contribution in [3.05, 3.63) is 34.6 Å². The molecule has 1 heterocycles. The van der Waals surface area contributed by atoms with Crippen LogP contribution in [-0.2, 0) is 7.05 Å². The number of hydrogen-bond donors (Lipinski definition) is 0. The van der Waals surface area contributed by atoms with Gasteiger partial charge in [-0.05, 0) is 36.9 Å². The van der Waals surface area contributed by atoms with Gasteiger partial charge in [-0.1, -0.05) is 15.9 Å². The first kappa shape index (κ1) is 12.3. The molecule has 88 valence electrons. The van der Waals surface area contributed by atoms with Crippen molar-refractivity contribution < 1.29 is 4.79 Å². The number of hydrogen-bond acceptors (Lipinski definition) is 4. The van der Waals surface area contributed by atoms with E-state index in [1.165, 1.54) is 18.1 Å². The van der Waals surface area contributed by atoms with E-state index >= 15 is 0 Å². The average molecular weight is 312 g/mol. The fourth-order valence-electron chi connectivity index (χ4n) is 1.34. The third-order valence-corrected chi connectivity index (χ3v) is 3.81. The number of aromatic nitrogens is 3. The van der Waals surface area contributed by atoms with E-state index in [4.69, 9.17) is 0 Å². The first-order valence-corrected chi connectivity index (χ1v) is 6.51. The van der Waals surface area contributed by atoms with E-state index in [2.05, 4.69) is 26.0 Å². The highest BCUT2D eigenvalue weighted by Crippen LogP contribution is 2.30. The zero-order valence-corrected chi connectivity index (χ0v) is 11.7. The molecule has 0 amide bonds. The zero-order valence-electron chi connectivity index (χ0n) is 9.35. The minimum Gasteiger partial charge on any atom is -0.294 e. The summed E-state index contributed by atoms with van der Waals surface area (Å²) in [7, 11) is 1.82. The largest absolute Gasteiger partial charge is 0.294 e. The second-order valence-corrected chi connectivity index (χ2v) is 5.39. The maximum Gasteiger partial charge on any atom is 0.190 e. The van der Waals surface area contributed by atoms with Gasteiger partial charge in [0.25, 0.3) is 0 Å². The van der Waals surface area contributed by atoms with E-state index in [0.29, 0.717) is 5.56 Å². The van der Waals surface area contributed by atoms with Crippen LogP contribution in [0.15, 0.2) is 39.1 Å². The number of Topliss-reactive ketones (excluding diaryl/α,β-unsaturated/α-hetero) is 1. The molecule has 0 saturated heterocycles. The van der Waals surface area contributed by atoms with Gasteiger partial charge in [-0.25, -0.2) is 9.67 Å². The molecule has 17 heavy (non-hydrogen) atoms. The Balaban J connectivity index is 2.39. The lowest BCUT2D eigenvalue weighted by Gasteiger charge is -2.06. The number of aryl methyl sites for hydroxylation is 1. The Morgan fingerprint density at radius 1 is 1.47 bits per heavy atom. The quantitative estimate of drug-likeness (QED) is 0.818. The van der Waals surface area contributed by atoms with Crippen LogP contribution in [0.5, 0.6) is 0 Å². The maximum absolute atomic E-state index is 11.6. The monoisotopic (exact) mass is 311 g/mol. The van der Waals surface area contributed by atoms with Gasteiger partial charge < -0.3 is 0 Å². The molecule has 0 fully saturated rings. The summed E-state index contributed by atoms with van der Waals surface area (Å²) in [5, 5.41) is 4.75. The summed E-state index contributed by atoms with van der Waals surface area (Å²) in [5.74, 6) is 0.0379. The molecule has 0 aliphatic carbocycles. The molecule has 0 bridgehead atoms. The van der Waals surface area contributed by atoms with E-state index in [-0.39, 0.29) is 5.78 Å². The van der Waals surface area contributed by atoms with Crippen molar-refractivity contribution in [1.82, 2.24) is 14.8 Å². The molecule has 0 spiro atoms. The first-order chi connectivity index (χ1) is 8.08. The summed E-state index contributed by atoms with van der Waals surface area (Å²) in [4.78, 5) is 16.6. The molecule has 6 heteroatoms. The average Bonchev–Trinajstić information content (AvgIpc) is 2.67. The summed E-state index contributed by atoms with van der Waals surface area (Å²) in [5.41, 5.74) is 0.687. The maximum atomic E-state index is 11.6. The highest BCUT2D eigenvalue weighted by Gasteiger charge is 2.11. The van der Waals surface area contributed by atoms with E-state index in [1.54, 1.807) is 11.6 Å². The van der Waals surface area contributed by atoms with Gasteiger partial charge in [-0.2, -0.15) is 5.10 Å². The molecule has 0 N–H and O–H groups in total. The second kappa shape index (κ2) is 5.01. The van der Waals surface area contributed by atoms with Crippen LogP contribution < -0.4 is 0 Å². The standard InChI is InChI=1S/C11H10BrN3OS/c1-7(16)9-5-8(12)3-4-10(9)17-11-13-6-14-15(11)2/h3-6H,1-2H3. The van der Waals surface area contributed by atoms with Crippen LogP contribution in [0.2, 0.25) is 0 Å². The summed E-state index contributed by atoms with van der Waals surface area (Å²) in [6.07, 6.45) is 1.49. The number of ketones is 1. The van der Waals surface area contributed by atoms with E-state index < -0.39 is 0 Å². The van der Waals surface area contributed by atoms with Crippen molar-refractivity contribution >= 4 is 33.5 Å². The van der Waals surface area contributed by atoms with Crippen molar-refractivity contribution in [3.63, 3.8) is 0 Å². The highest BCUT2D eigenvalue weighted by molar-refractivity contribution is 9.10. The Morgan fingerprint density at radius 3 is 2.82 bits per heavy atom. The first-order valence-electron chi connectivity index (χ1n) is 4.90. The molecule has 0 atom stereocenters. The van der Waals surface area contributed by atoms with Crippen LogP contribution in [0.25, 0.3) is 0 Å². The Bertz CT molecular complexity index is 568. The number of rotatable bonds is 3. The third kappa shape index (κ3) is 2.76. The molecule has 2 rings (SSSR count). The molecule has 0 unspecified atom stereocenters. The van der Waals surface area contributed by atoms with Crippen molar-refractivity contribution in [2.45, 2.75) is 17.0 Å². The van der Waals surface area contributed by atoms with E-state index in [9.17, 15) is 4.79 Å². The van der Waals surface area contributed by atoms with Gasteiger partial charge in [0.1, 0.15) is 6.33 Å². The van der Waals surface area contributed by atoms with E-state index in [1.807, 2.05) is 25.2 Å². The molecule has 0 aliphatic heterocycles. The second-order valence-electron chi connectivity index (χ2n) is 3.46. The summed E-state index contributed by atoms with van der Waals surface area (Å²) < 4.78 is 2.57. The van der Waals surface area contributed by atoms with Crippen LogP contribution in [0.3, 0.4) is 0 Å². The van der Waals surface area contributed by atoms with Crippen molar-refractivity contribution in [3.8, 4) is 0 Å². The minimum atomic E-state index is 0.0379. The van der Waals surface area contributed by atoms with E-state index in [0.717, 1.165) is 14.5 Å². The lowest BCUT2D eigenvalue weighted by molar-refractivity contribution is 0.101. The highest BCUT2D eigenvalue weighted by atomic mass is 79.9. The van der Waals surface area contributed by atoms with Crippen LogP contribution >= 0.6 is 27.7 Å². The Hall–Kier alpha value is -1.14. The molecule has 0 radical (unpaired) electrons. The summed E-state index contributed by atoms with van der Waals surface area (Å²) in [6, 6.07) is 5.63. The SMILES string of the molecule is CC(=O)c1cc(Br)ccc1Sc1ncnn1C. The van der Waals surface area contributed by atoms with Gasteiger partial charge in [-0.15, -0.1) is 0 Å². The van der Waals surface area contributed by atoms with Gasteiger partial charge in [0.15, 0.2) is 10.9 Å². The molecule has 1 aromatic carbocycles. The van der Waals surface area contributed by atoms with Gasteiger partial charge >= 0.3 is 0 Å². The van der Waals surface area contributed by atoms with Gasteiger partial charge in [0.2, 0.25) is 0 Å². The summed E-state index contributed by atoms with van der Waals surface area (Å²) in [6.45, 7) is 1.56. The van der Waals surface area contributed by atoms with Crippen molar-refractivity contribution in [2.75, 3.05) is 0 Å². The fraction of sp³-hybridized carbons (Fsp3) is 0.182. The minimum absolute atomic E-state index is 0.0379. The number of benzene rings is 1. The smallest absolute Gasteiger partial charge is 0.190 e. The van der Waals surface area contributed by atoms with Crippen molar-refractivity contribution in [1.29, 1.82) is 0 Å². The fourth-order valence-corrected chi connectivity index (χ4v) is 2.63. The molecule has 2 aromatic rings. The van der Waals surface area contributed by atoms with Gasteiger partial charge in [-0.3, -0.25) is 4.79 Å². The molecular formula is C11H10BrN3OS. The lowest BCUT2D eigenvalue weighted by Crippen LogP contribution is -1.97. The molecule has 0 saturated carbocycles.